The van der Waals surface area contributed by atoms with Crippen LogP contribution in [0.2, 0.25) is 0 Å². The fourth-order valence-electron chi connectivity index (χ4n) is 4.84. The van der Waals surface area contributed by atoms with E-state index in [-0.39, 0.29) is 24.3 Å². The number of aromatic nitrogens is 1. The SMILES string of the molecule is COc1ccccc1O[C@@H]1C[C@@H]2CN(C(=O)Cc3nc4ccccc4o3)C[C@@H]2C[C@H]1O. The summed E-state index contributed by atoms with van der Waals surface area (Å²) in [7, 11) is 1.60. The number of benzene rings is 2. The van der Waals surface area contributed by atoms with Crippen molar-refractivity contribution in [2.24, 2.45) is 11.8 Å². The predicted octanol–water partition coefficient (Wildman–Crippen LogP) is 3.06. The van der Waals surface area contributed by atoms with Gasteiger partial charge >= 0.3 is 0 Å². The molecule has 3 aromatic rings. The second-order valence-corrected chi connectivity index (χ2v) is 8.42. The van der Waals surface area contributed by atoms with Gasteiger partial charge in [0.2, 0.25) is 11.8 Å². The van der Waals surface area contributed by atoms with Crippen molar-refractivity contribution in [2.75, 3.05) is 20.2 Å². The van der Waals surface area contributed by atoms with Gasteiger partial charge < -0.3 is 23.9 Å². The summed E-state index contributed by atoms with van der Waals surface area (Å²) in [5.41, 5.74) is 1.46. The number of ether oxygens (including phenoxy) is 2. The van der Waals surface area contributed by atoms with Crippen molar-refractivity contribution in [3.63, 3.8) is 0 Å². The second kappa shape index (κ2) is 8.23. The van der Waals surface area contributed by atoms with Crippen molar-refractivity contribution < 1.29 is 23.8 Å². The molecule has 5 rings (SSSR count). The minimum absolute atomic E-state index is 0.0117. The number of likely N-dealkylation sites (tertiary alicyclic amines) is 1. The molecular formula is C24H26N2O5. The van der Waals surface area contributed by atoms with Crippen LogP contribution in [-0.2, 0) is 11.2 Å². The van der Waals surface area contributed by atoms with Gasteiger partial charge in [0, 0.05) is 13.1 Å². The van der Waals surface area contributed by atoms with E-state index in [9.17, 15) is 9.90 Å². The number of amides is 1. The maximum atomic E-state index is 12.9. The highest BCUT2D eigenvalue weighted by molar-refractivity contribution is 5.79. The van der Waals surface area contributed by atoms with Crippen molar-refractivity contribution in [3.05, 3.63) is 54.4 Å². The van der Waals surface area contributed by atoms with Gasteiger partial charge in [-0.05, 0) is 48.9 Å². The van der Waals surface area contributed by atoms with E-state index in [1.165, 1.54) is 0 Å². The Bertz CT molecular complexity index is 1050. The molecular weight excluding hydrogens is 396 g/mol. The van der Waals surface area contributed by atoms with E-state index in [0.29, 0.717) is 54.8 Å². The minimum Gasteiger partial charge on any atom is -0.493 e. The average molecular weight is 422 g/mol. The Morgan fingerprint density at radius 2 is 1.81 bits per heavy atom. The number of hydrogen-bond acceptors (Lipinski definition) is 6. The molecule has 2 aromatic carbocycles. The number of oxazole rings is 1. The van der Waals surface area contributed by atoms with Gasteiger partial charge in [0.25, 0.3) is 0 Å². The number of rotatable bonds is 5. The number of nitrogens with zero attached hydrogens (tertiary/aromatic N) is 2. The van der Waals surface area contributed by atoms with Gasteiger partial charge in [-0.15, -0.1) is 0 Å². The van der Waals surface area contributed by atoms with Crippen molar-refractivity contribution >= 4 is 17.0 Å². The summed E-state index contributed by atoms with van der Waals surface area (Å²) in [4.78, 5) is 19.2. The number of carbonyl (C=O) groups is 1. The van der Waals surface area contributed by atoms with Gasteiger partial charge in [0.15, 0.2) is 17.1 Å². The summed E-state index contributed by atoms with van der Waals surface area (Å²) in [6.45, 7) is 1.32. The molecule has 2 heterocycles. The first-order chi connectivity index (χ1) is 15.1. The standard InChI is InChI=1S/C24H26N2O5/c1-29-20-8-4-5-9-21(20)30-22-11-16-14-26(13-15(16)10-18(22)27)24(28)12-23-25-17-6-2-3-7-19(17)31-23/h2-9,15-16,18,22,27H,10-14H2,1H3/t15-,16+,18+,22+/m0/s1. The summed E-state index contributed by atoms with van der Waals surface area (Å²) in [5.74, 6) is 2.32. The zero-order valence-corrected chi connectivity index (χ0v) is 17.4. The lowest BCUT2D eigenvalue weighted by atomic mass is 9.78. The van der Waals surface area contributed by atoms with Crippen molar-refractivity contribution in [1.29, 1.82) is 0 Å². The maximum absolute atomic E-state index is 12.9. The van der Waals surface area contributed by atoms with E-state index < -0.39 is 6.10 Å². The van der Waals surface area contributed by atoms with Crippen LogP contribution in [0.5, 0.6) is 11.5 Å². The number of para-hydroxylation sites is 4. The monoisotopic (exact) mass is 422 g/mol. The Labute approximate surface area is 180 Å². The number of methoxy groups -OCH3 is 1. The van der Waals surface area contributed by atoms with Crippen LogP contribution in [0.3, 0.4) is 0 Å². The Morgan fingerprint density at radius 1 is 1.10 bits per heavy atom. The van der Waals surface area contributed by atoms with E-state index in [1.54, 1.807) is 7.11 Å². The van der Waals surface area contributed by atoms with Gasteiger partial charge in [-0.3, -0.25) is 4.79 Å². The van der Waals surface area contributed by atoms with E-state index in [4.69, 9.17) is 13.9 Å². The molecule has 162 valence electrons. The van der Waals surface area contributed by atoms with Crippen LogP contribution in [0.1, 0.15) is 18.7 Å². The predicted molar refractivity (Wildman–Crippen MR) is 114 cm³/mol. The second-order valence-electron chi connectivity index (χ2n) is 8.42. The van der Waals surface area contributed by atoms with E-state index in [1.807, 2.05) is 53.4 Å². The summed E-state index contributed by atoms with van der Waals surface area (Å²) >= 11 is 0. The highest BCUT2D eigenvalue weighted by Crippen LogP contribution is 2.39. The van der Waals surface area contributed by atoms with E-state index >= 15 is 0 Å². The minimum atomic E-state index is -0.571. The highest BCUT2D eigenvalue weighted by Gasteiger charge is 2.44. The molecule has 1 saturated heterocycles. The molecule has 7 nitrogen and oxygen atoms in total. The maximum Gasteiger partial charge on any atom is 0.231 e. The van der Waals surface area contributed by atoms with Crippen molar-refractivity contribution in [3.8, 4) is 11.5 Å². The fourth-order valence-corrected chi connectivity index (χ4v) is 4.84. The summed E-state index contributed by atoms with van der Waals surface area (Å²) in [6, 6.07) is 15.0. The highest BCUT2D eigenvalue weighted by atomic mass is 16.5. The molecule has 0 unspecified atom stereocenters. The molecule has 1 saturated carbocycles. The smallest absolute Gasteiger partial charge is 0.231 e. The summed E-state index contributed by atoms with van der Waals surface area (Å²) in [6.07, 6.45) is 0.591. The quantitative estimate of drug-likeness (QED) is 0.680. The fraction of sp³-hybridized carbons (Fsp3) is 0.417. The van der Waals surface area contributed by atoms with Crippen molar-refractivity contribution in [1.82, 2.24) is 9.88 Å². The molecule has 31 heavy (non-hydrogen) atoms. The first-order valence-corrected chi connectivity index (χ1v) is 10.7. The molecule has 1 aromatic heterocycles. The molecule has 1 N–H and O–H groups in total. The largest absolute Gasteiger partial charge is 0.493 e. The molecule has 0 radical (unpaired) electrons. The van der Waals surface area contributed by atoms with Gasteiger partial charge in [-0.1, -0.05) is 24.3 Å². The van der Waals surface area contributed by atoms with Crippen LogP contribution in [0.15, 0.2) is 52.9 Å². The van der Waals surface area contributed by atoms with Crippen LogP contribution in [0, 0.1) is 11.8 Å². The van der Waals surface area contributed by atoms with Crippen LogP contribution >= 0.6 is 0 Å². The van der Waals surface area contributed by atoms with Gasteiger partial charge in [-0.2, -0.15) is 0 Å². The number of aliphatic hydroxyl groups is 1. The Kier molecular flexibility index (Phi) is 5.28. The summed E-state index contributed by atoms with van der Waals surface area (Å²) < 4.78 is 17.2. The van der Waals surface area contributed by atoms with Crippen LogP contribution in [0.25, 0.3) is 11.1 Å². The van der Waals surface area contributed by atoms with Crippen molar-refractivity contribution in [2.45, 2.75) is 31.5 Å². The molecule has 1 amide bonds. The molecule has 0 spiro atoms. The van der Waals surface area contributed by atoms with Gasteiger partial charge in [-0.25, -0.2) is 4.98 Å². The number of fused-ring (bicyclic) bond motifs is 2. The molecule has 0 bridgehead atoms. The Balaban J connectivity index is 1.23. The lowest BCUT2D eigenvalue weighted by molar-refractivity contribution is -0.130. The Morgan fingerprint density at radius 3 is 2.58 bits per heavy atom. The molecule has 2 fully saturated rings. The van der Waals surface area contributed by atoms with Gasteiger partial charge in [0.05, 0.1) is 13.2 Å². The molecule has 4 atom stereocenters. The van der Waals surface area contributed by atoms with Gasteiger partial charge in [0.1, 0.15) is 18.0 Å². The third-order valence-electron chi connectivity index (χ3n) is 6.43. The number of carbonyl (C=O) groups excluding carboxylic acids is 1. The zero-order chi connectivity index (χ0) is 21.4. The lowest BCUT2D eigenvalue weighted by Gasteiger charge is -2.35. The molecule has 2 aliphatic rings. The molecule has 1 aliphatic carbocycles. The lowest BCUT2D eigenvalue weighted by Crippen LogP contribution is -2.42. The third-order valence-corrected chi connectivity index (χ3v) is 6.43. The third kappa shape index (κ3) is 3.97. The van der Waals surface area contributed by atoms with Crippen LogP contribution < -0.4 is 9.47 Å². The first-order valence-electron chi connectivity index (χ1n) is 10.7. The molecule has 1 aliphatic heterocycles. The van der Waals surface area contributed by atoms with E-state index in [2.05, 4.69) is 4.98 Å². The number of hydrogen-bond donors (Lipinski definition) is 1. The topological polar surface area (TPSA) is 85.0 Å². The van der Waals surface area contributed by atoms with Crippen LogP contribution in [0.4, 0.5) is 0 Å². The normalized spacial score (nSPS) is 25.4. The summed E-state index contributed by atoms with van der Waals surface area (Å²) in [5, 5.41) is 10.7. The first kappa shape index (κ1) is 19.9. The van der Waals surface area contributed by atoms with Crippen LogP contribution in [-0.4, -0.2) is 53.3 Å². The van der Waals surface area contributed by atoms with E-state index in [0.717, 1.165) is 5.52 Å². The number of aliphatic hydroxyl groups excluding tert-OH is 1. The average Bonchev–Trinajstić information content (AvgIpc) is 3.37. The Hall–Kier alpha value is -3.06. The zero-order valence-electron chi connectivity index (χ0n) is 17.4. The molecule has 7 heteroatoms.